The third kappa shape index (κ3) is 6.87. The van der Waals surface area contributed by atoms with Gasteiger partial charge >= 0.3 is 0 Å². The smallest absolute Gasteiger partial charge is 0.194 e. The number of hydrogen-bond donors (Lipinski definition) is 1. The standard InChI is InChI=1S/C30H35ClO5/c1-3-33-26-13-10-22(11-14-26)16-25-17-24(12-15-28(25)31)29-18-27(19-30(21-32,36-29)35-4-2)34-20-23-8-6-5-7-9-23/h5-15,17,27,29,32H,3-4,16,18-21H2,1-2H3. The quantitative estimate of drug-likeness (QED) is 0.319. The molecule has 0 saturated carbocycles. The molecule has 1 aliphatic rings. The molecule has 0 bridgehead atoms. The van der Waals surface area contributed by atoms with Gasteiger partial charge in [0.05, 0.1) is 32.0 Å². The number of halogens is 1. The molecule has 5 nitrogen and oxygen atoms in total. The molecule has 1 N–H and O–H groups in total. The molecule has 0 spiro atoms. The van der Waals surface area contributed by atoms with Crippen LogP contribution in [0.15, 0.2) is 72.8 Å². The zero-order chi connectivity index (χ0) is 25.4. The maximum Gasteiger partial charge on any atom is 0.194 e. The lowest BCUT2D eigenvalue weighted by molar-refractivity contribution is -0.313. The predicted molar refractivity (Wildman–Crippen MR) is 141 cm³/mol. The molecule has 1 fully saturated rings. The van der Waals surface area contributed by atoms with Crippen LogP contribution in [0, 0.1) is 0 Å². The first-order valence-corrected chi connectivity index (χ1v) is 13.0. The van der Waals surface area contributed by atoms with Gasteiger partial charge in [0.2, 0.25) is 0 Å². The van der Waals surface area contributed by atoms with E-state index in [1.54, 1.807) is 0 Å². The van der Waals surface area contributed by atoms with Crippen molar-refractivity contribution in [3.05, 3.63) is 100 Å². The lowest BCUT2D eigenvalue weighted by Gasteiger charge is -2.43. The summed E-state index contributed by atoms with van der Waals surface area (Å²) in [6.45, 7) is 5.21. The van der Waals surface area contributed by atoms with Gasteiger partial charge in [0.1, 0.15) is 5.75 Å². The van der Waals surface area contributed by atoms with Crippen LogP contribution in [0.5, 0.6) is 5.75 Å². The molecule has 4 rings (SSSR count). The van der Waals surface area contributed by atoms with Crippen molar-refractivity contribution in [3.8, 4) is 5.75 Å². The molecule has 6 heteroatoms. The molecule has 192 valence electrons. The average molecular weight is 511 g/mol. The molecule has 3 aromatic carbocycles. The minimum atomic E-state index is -1.10. The zero-order valence-electron chi connectivity index (χ0n) is 21.0. The van der Waals surface area contributed by atoms with E-state index in [4.69, 9.17) is 30.5 Å². The number of benzene rings is 3. The van der Waals surface area contributed by atoms with Crippen molar-refractivity contribution >= 4 is 11.6 Å². The molecule has 0 amide bonds. The van der Waals surface area contributed by atoms with Crippen molar-refractivity contribution in [2.75, 3.05) is 19.8 Å². The Morgan fingerprint density at radius 2 is 1.75 bits per heavy atom. The van der Waals surface area contributed by atoms with Crippen molar-refractivity contribution in [2.24, 2.45) is 0 Å². The minimum Gasteiger partial charge on any atom is -0.494 e. The van der Waals surface area contributed by atoms with E-state index in [-0.39, 0.29) is 18.8 Å². The summed E-state index contributed by atoms with van der Waals surface area (Å²) in [5, 5.41) is 11.0. The molecule has 1 saturated heterocycles. The summed E-state index contributed by atoms with van der Waals surface area (Å²) < 4.78 is 24.2. The molecule has 3 aromatic rings. The van der Waals surface area contributed by atoms with Crippen LogP contribution >= 0.6 is 11.6 Å². The molecule has 3 atom stereocenters. The highest BCUT2D eigenvalue weighted by Crippen LogP contribution is 2.40. The third-order valence-corrected chi connectivity index (χ3v) is 6.79. The van der Waals surface area contributed by atoms with E-state index in [2.05, 4.69) is 18.2 Å². The SMILES string of the molecule is CCOc1ccc(Cc2cc(C3CC(OCc4ccccc4)CC(CO)(OCC)O3)ccc2Cl)cc1. The Morgan fingerprint density at radius 1 is 0.972 bits per heavy atom. The average Bonchev–Trinajstić information content (AvgIpc) is 2.90. The first kappa shape index (κ1) is 26.6. The minimum absolute atomic E-state index is 0.132. The molecular formula is C30H35ClO5. The first-order chi connectivity index (χ1) is 17.5. The van der Waals surface area contributed by atoms with Gasteiger partial charge in [-0.25, -0.2) is 0 Å². The van der Waals surface area contributed by atoms with E-state index < -0.39 is 5.79 Å². The molecular weight excluding hydrogens is 476 g/mol. The van der Waals surface area contributed by atoms with Gasteiger partial charge in [-0.3, -0.25) is 0 Å². The molecule has 1 heterocycles. The van der Waals surface area contributed by atoms with E-state index in [0.717, 1.165) is 28.0 Å². The third-order valence-electron chi connectivity index (χ3n) is 6.42. The van der Waals surface area contributed by atoms with Crippen LogP contribution in [0.1, 0.15) is 55.0 Å². The van der Waals surface area contributed by atoms with Crippen molar-refractivity contribution < 1.29 is 24.1 Å². The van der Waals surface area contributed by atoms with Gasteiger partial charge in [0, 0.05) is 24.5 Å². The Balaban J connectivity index is 1.53. The second-order valence-corrected chi connectivity index (χ2v) is 9.48. The van der Waals surface area contributed by atoms with Crippen molar-refractivity contribution in [1.29, 1.82) is 0 Å². The van der Waals surface area contributed by atoms with Gasteiger partial charge in [-0.1, -0.05) is 66.2 Å². The summed E-state index contributed by atoms with van der Waals surface area (Å²) in [6.07, 6.45) is 1.39. The van der Waals surface area contributed by atoms with Crippen molar-refractivity contribution in [3.63, 3.8) is 0 Å². The van der Waals surface area contributed by atoms with Gasteiger partial charge in [-0.05, 0) is 60.7 Å². The number of aliphatic hydroxyl groups excluding tert-OH is 1. The van der Waals surface area contributed by atoms with Crippen molar-refractivity contribution in [2.45, 2.75) is 57.7 Å². The fourth-order valence-electron chi connectivity index (χ4n) is 4.67. The second-order valence-electron chi connectivity index (χ2n) is 9.07. The largest absolute Gasteiger partial charge is 0.494 e. The van der Waals surface area contributed by atoms with Gasteiger partial charge in [-0.15, -0.1) is 0 Å². The zero-order valence-corrected chi connectivity index (χ0v) is 21.7. The van der Waals surface area contributed by atoms with Crippen LogP contribution in [0.2, 0.25) is 5.02 Å². The maximum atomic E-state index is 10.3. The summed E-state index contributed by atoms with van der Waals surface area (Å²) in [5.74, 6) is -0.247. The van der Waals surface area contributed by atoms with E-state index in [9.17, 15) is 5.11 Å². The highest BCUT2D eigenvalue weighted by Gasteiger charge is 2.43. The lowest BCUT2D eigenvalue weighted by atomic mass is 9.92. The molecule has 3 unspecified atom stereocenters. The fourth-order valence-corrected chi connectivity index (χ4v) is 4.85. The molecule has 0 aromatic heterocycles. The topological polar surface area (TPSA) is 57.2 Å². The Hall–Kier alpha value is -2.41. The summed E-state index contributed by atoms with van der Waals surface area (Å²) in [5.41, 5.74) is 4.26. The molecule has 1 aliphatic heterocycles. The predicted octanol–water partition coefficient (Wildman–Crippen LogP) is 6.49. The number of hydrogen-bond acceptors (Lipinski definition) is 5. The Labute approximate surface area is 218 Å². The van der Waals surface area contributed by atoms with Crippen LogP contribution in [0.4, 0.5) is 0 Å². The van der Waals surface area contributed by atoms with Crippen LogP contribution in [0.25, 0.3) is 0 Å². The Bertz CT molecular complexity index is 1090. The monoisotopic (exact) mass is 510 g/mol. The van der Waals surface area contributed by atoms with E-state index >= 15 is 0 Å². The number of ether oxygens (including phenoxy) is 4. The first-order valence-electron chi connectivity index (χ1n) is 12.6. The maximum absolute atomic E-state index is 10.3. The molecule has 0 radical (unpaired) electrons. The van der Waals surface area contributed by atoms with Crippen LogP contribution in [-0.2, 0) is 27.2 Å². The van der Waals surface area contributed by atoms with Gasteiger partial charge < -0.3 is 24.1 Å². The van der Waals surface area contributed by atoms with Gasteiger partial charge in [0.25, 0.3) is 0 Å². The van der Waals surface area contributed by atoms with E-state index in [0.29, 0.717) is 44.1 Å². The summed E-state index contributed by atoms with van der Waals surface area (Å²) in [6, 6.07) is 24.2. The van der Waals surface area contributed by atoms with E-state index in [1.807, 2.05) is 68.4 Å². The number of rotatable bonds is 11. The van der Waals surface area contributed by atoms with E-state index in [1.165, 1.54) is 0 Å². The summed E-state index contributed by atoms with van der Waals surface area (Å²) in [4.78, 5) is 0. The highest BCUT2D eigenvalue weighted by molar-refractivity contribution is 6.31. The van der Waals surface area contributed by atoms with Gasteiger partial charge in [0.15, 0.2) is 5.79 Å². The molecule has 36 heavy (non-hydrogen) atoms. The lowest BCUT2D eigenvalue weighted by Crippen LogP contribution is -2.48. The molecule has 0 aliphatic carbocycles. The number of aliphatic hydroxyl groups is 1. The highest BCUT2D eigenvalue weighted by atomic mass is 35.5. The van der Waals surface area contributed by atoms with Crippen molar-refractivity contribution in [1.82, 2.24) is 0 Å². The summed E-state index contributed by atoms with van der Waals surface area (Å²) >= 11 is 6.59. The van der Waals surface area contributed by atoms with Gasteiger partial charge in [-0.2, -0.15) is 0 Å². The van der Waals surface area contributed by atoms with Crippen LogP contribution < -0.4 is 4.74 Å². The Kier molecular flexibility index (Phi) is 9.41. The fraction of sp³-hybridized carbons (Fsp3) is 0.400. The summed E-state index contributed by atoms with van der Waals surface area (Å²) in [7, 11) is 0. The Morgan fingerprint density at radius 3 is 2.44 bits per heavy atom. The van der Waals surface area contributed by atoms with Crippen LogP contribution in [0.3, 0.4) is 0 Å². The second kappa shape index (κ2) is 12.7. The van der Waals surface area contributed by atoms with Crippen LogP contribution in [-0.4, -0.2) is 36.8 Å². The normalized spacial score (nSPS) is 21.9.